The fourth-order valence-corrected chi connectivity index (χ4v) is 0.973. The third kappa shape index (κ3) is 5.14. The lowest BCUT2D eigenvalue weighted by atomic mass is 10.3. The lowest BCUT2D eigenvalue weighted by molar-refractivity contribution is -0.171. The lowest BCUT2D eigenvalue weighted by Gasteiger charge is -2.29. The molecular weight excluding hydrogens is 234 g/mol. The number of ether oxygens (including phenoxy) is 2. The van der Waals surface area contributed by atoms with Crippen LogP contribution >= 0.6 is 0 Å². The van der Waals surface area contributed by atoms with Crippen LogP contribution in [-0.4, -0.2) is 36.3 Å². The molecule has 0 fully saturated rings. The lowest BCUT2D eigenvalue weighted by Crippen LogP contribution is -2.42. The first-order chi connectivity index (χ1) is 8.16. The Morgan fingerprint density at radius 3 is 1.44 bits per heavy atom. The Labute approximate surface area is 108 Å². The molecule has 0 aliphatic carbocycles. The summed E-state index contributed by atoms with van der Waals surface area (Å²) in [4.78, 5) is 24.3. The van der Waals surface area contributed by atoms with Gasteiger partial charge in [0.2, 0.25) is 0 Å². The molecule has 0 aromatic carbocycles. The minimum atomic E-state index is -0.526. The van der Waals surface area contributed by atoms with Crippen LogP contribution in [0.15, 0.2) is 24.3 Å². The van der Waals surface area contributed by atoms with E-state index in [2.05, 4.69) is 13.2 Å². The SMILES string of the molecule is C=C(C)C(=O)OC(C)N(C)C(C)OC(=O)C(=C)C. The van der Waals surface area contributed by atoms with Crippen molar-refractivity contribution >= 4 is 11.9 Å². The number of rotatable bonds is 6. The average Bonchev–Trinajstić information content (AvgIpc) is 2.27. The summed E-state index contributed by atoms with van der Waals surface area (Å²) < 4.78 is 10.2. The van der Waals surface area contributed by atoms with Gasteiger partial charge < -0.3 is 9.47 Å². The number of nitrogens with zero attached hydrogens (tertiary/aromatic N) is 1. The van der Waals surface area contributed by atoms with Gasteiger partial charge in [-0.25, -0.2) is 14.5 Å². The topological polar surface area (TPSA) is 55.8 Å². The number of carbonyl (C=O) groups excluding carboxylic acids is 2. The molecule has 0 N–H and O–H groups in total. The molecule has 0 saturated carbocycles. The second kappa shape index (κ2) is 6.96. The molecule has 0 saturated heterocycles. The highest BCUT2D eigenvalue weighted by Crippen LogP contribution is 2.09. The molecule has 2 atom stereocenters. The number of hydrogen-bond acceptors (Lipinski definition) is 5. The van der Waals surface area contributed by atoms with Gasteiger partial charge in [-0.2, -0.15) is 0 Å². The van der Waals surface area contributed by atoms with Crippen LogP contribution in [0.5, 0.6) is 0 Å². The predicted molar refractivity (Wildman–Crippen MR) is 68.5 cm³/mol. The highest BCUT2D eigenvalue weighted by molar-refractivity contribution is 5.87. The summed E-state index contributed by atoms with van der Waals surface area (Å²) in [5.41, 5.74) is 0.642. The van der Waals surface area contributed by atoms with Crippen LogP contribution in [0.25, 0.3) is 0 Å². The van der Waals surface area contributed by atoms with E-state index >= 15 is 0 Å². The van der Waals surface area contributed by atoms with Crippen LogP contribution < -0.4 is 0 Å². The van der Waals surface area contributed by atoms with Crippen LogP contribution in [0.3, 0.4) is 0 Å². The predicted octanol–water partition coefficient (Wildman–Crippen LogP) is 1.85. The van der Waals surface area contributed by atoms with Gasteiger partial charge in [0.15, 0.2) is 12.5 Å². The first-order valence-corrected chi connectivity index (χ1v) is 5.61. The van der Waals surface area contributed by atoms with Crippen molar-refractivity contribution in [2.45, 2.75) is 40.2 Å². The van der Waals surface area contributed by atoms with Crippen LogP contribution in [0.1, 0.15) is 27.7 Å². The molecule has 0 bridgehead atoms. The Bertz CT molecular complexity index is 328. The molecule has 0 radical (unpaired) electrons. The molecule has 2 unspecified atom stereocenters. The van der Waals surface area contributed by atoms with E-state index in [1.165, 1.54) is 0 Å². The first kappa shape index (κ1) is 16.4. The van der Waals surface area contributed by atoms with E-state index in [-0.39, 0.29) is 0 Å². The summed E-state index contributed by atoms with van der Waals surface area (Å²) in [7, 11) is 1.69. The number of esters is 2. The monoisotopic (exact) mass is 255 g/mol. The van der Waals surface area contributed by atoms with Gasteiger partial charge in [0.1, 0.15) is 0 Å². The highest BCUT2D eigenvalue weighted by Gasteiger charge is 2.22. The smallest absolute Gasteiger partial charge is 0.334 e. The molecule has 0 aromatic rings. The highest BCUT2D eigenvalue weighted by atomic mass is 16.6. The first-order valence-electron chi connectivity index (χ1n) is 5.61. The van der Waals surface area contributed by atoms with Crippen molar-refractivity contribution in [1.82, 2.24) is 4.90 Å². The van der Waals surface area contributed by atoms with Gasteiger partial charge in [0.05, 0.1) is 0 Å². The summed E-state index contributed by atoms with van der Waals surface area (Å²) in [5, 5.41) is 0. The van der Waals surface area contributed by atoms with Crippen molar-refractivity contribution in [3.05, 3.63) is 24.3 Å². The maximum absolute atomic E-state index is 11.3. The molecule has 0 heterocycles. The fraction of sp³-hybridized carbons (Fsp3) is 0.538. The van der Waals surface area contributed by atoms with Crippen molar-refractivity contribution in [2.24, 2.45) is 0 Å². The van der Waals surface area contributed by atoms with Gasteiger partial charge in [-0.3, -0.25) is 0 Å². The van der Waals surface area contributed by atoms with Crippen molar-refractivity contribution in [3.8, 4) is 0 Å². The summed E-state index contributed by atoms with van der Waals surface area (Å²) in [5.74, 6) is -0.958. The van der Waals surface area contributed by atoms with Crippen LogP contribution in [-0.2, 0) is 19.1 Å². The molecule has 0 aromatic heterocycles. The second-order valence-electron chi connectivity index (χ2n) is 4.24. The largest absolute Gasteiger partial charge is 0.443 e. The molecule has 0 rings (SSSR count). The molecule has 0 amide bonds. The average molecular weight is 255 g/mol. The quantitative estimate of drug-likeness (QED) is 0.412. The minimum Gasteiger partial charge on any atom is -0.443 e. The Morgan fingerprint density at radius 2 is 1.22 bits per heavy atom. The van der Waals surface area contributed by atoms with E-state index in [1.807, 2.05) is 0 Å². The molecular formula is C13H21NO4. The third-order valence-electron chi connectivity index (χ3n) is 2.40. The van der Waals surface area contributed by atoms with Gasteiger partial charge >= 0.3 is 11.9 Å². The Kier molecular flexibility index (Phi) is 6.33. The van der Waals surface area contributed by atoms with Crippen molar-refractivity contribution < 1.29 is 19.1 Å². The molecule has 5 heteroatoms. The van der Waals surface area contributed by atoms with E-state index in [9.17, 15) is 9.59 Å². The van der Waals surface area contributed by atoms with E-state index < -0.39 is 24.4 Å². The van der Waals surface area contributed by atoms with Gasteiger partial charge in [0, 0.05) is 11.1 Å². The third-order valence-corrected chi connectivity index (χ3v) is 2.40. The summed E-state index contributed by atoms with van der Waals surface area (Å²) in [6.45, 7) is 13.5. The number of hydrogen-bond donors (Lipinski definition) is 0. The molecule has 5 nitrogen and oxygen atoms in total. The Balaban J connectivity index is 4.41. The number of carbonyl (C=O) groups is 2. The zero-order valence-electron chi connectivity index (χ0n) is 11.6. The maximum Gasteiger partial charge on any atom is 0.334 e. The van der Waals surface area contributed by atoms with E-state index in [0.717, 1.165) is 0 Å². The molecule has 0 aliphatic heterocycles. The van der Waals surface area contributed by atoms with Crippen LogP contribution in [0.2, 0.25) is 0 Å². The van der Waals surface area contributed by atoms with Crippen molar-refractivity contribution in [3.63, 3.8) is 0 Å². The minimum absolute atomic E-state index is 0.321. The van der Waals surface area contributed by atoms with Gasteiger partial charge in [-0.05, 0) is 34.7 Å². The normalized spacial score (nSPS) is 13.7. The summed E-state index contributed by atoms with van der Waals surface area (Å²) in [6.07, 6.45) is -1.05. The van der Waals surface area contributed by atoms with Crippen LogP contribution in [0, 0.1) is 0 Å². The molecule has 0 aliphatic rings. The summed E-state index contributed by atoms with van der Waals surface area (Å²) in [6, 6.07) is 0. The Hall–Kier alpha value is -1.62. The van der Waals surface area contributed by atoms with Crippen molar-refractivity contribution in [1.29, 1.82) is 0 Å². The Morgan fingerprint density at radius 1 is 0.944 bits per heavy atom. The molecule has 18 heavy (non-hydrogen) atoms. The second-order valence-corrected chi connectivity index (χ2v) is 4.24. The summed E-state index contributed by atoms with van der Waals surface area (Å²) >= 11 is 0. The zero-order valence-corrected chi connectivity index (χ0v) is 11.6. The van der Waals surface area contributed by atoms with E-state index in [0.29, 0.717) is 11.1 Å². The van der Waals surface area contributed by atoms with Crippen molar-refractivity contribution in [2.75, 3.05) is 7.05 Å². The standard InChI is InChI=1S/C13H21NO4/c1-8(2)12(15)17-10(5)14(7)11(6)18-13(16)9(3)4/h10-11H,1,3H2,2,4-7H3. The molecule has 102 valence electrons. The molecule has 0 spiro atoms. The van der Waals surface area contributed by atoms with Crippen LogP contribution in [0.4, 0.5) is 0 Å². The zero-order chi connectivity index (χ0) is 14.5. The van der Waals surface area contributed by atoms with Gasteiger partial charge in [-0.1, -0.05) is 13.2 Å². The van der Waals surface area contributed by atoms with Gasteiger partial charge in [0.25, 0.3) is 0 Å². The fourth-order valence-electron chi connectivity index (χ4n) is 0.973. The van der Waals surface area contributed by atoms with E-state index in [1.54, 1.807) is 39.6 Å². The van der Waals surface area contributed by atoms with E-state index in [4.69, 9.17) is 9.47 Å². The van der Waals surface area contributed by atoms with Gasteiger partial charge in [-0.15, -0.1) is 0 Å². The maximum atomic E-state index is 11.3.